The summed E-state index contributed by atoms with van der Waals surface area (Å²) in [5, 5.41) is 5.03. The highest BCUT2D eigenvalue weighted by molar-refractivity contribution is 6.14. The van der Waals surface area contributed by atoms with Crippen molar-refractivity contribution in [2.45, 2.75) is 5.41 Å². The van der Waals surface area contributed by atoms with Crippen molar-refractivity contribution in [3.8, 4) is 22.3 Å². The van der Waals surface area contributed by atoms with Crippen molar-refractivity contribution in [3.05, 3.63) is 157 Å². The maximum atomic E-state index is 4.19. The predicted octanol–water partition coefficient (Wildman–Crippen LogP) is 10.4. The van der Waals surface area contributed by atoms with Crippen molar-refractivity contribution in [3.63, 3.8) is 0 Å². The van der Waals surface area contributed by atoms with Crippen molar-refractivity contribution in [1.82, 2.24) is 9.13 Å². The Kier molecular flexibility index (Phi) is 4.18. The van der Waals surface area contributed by atoms with E-state index in [1.165, 1.54) is 88.1 Å². The molecule has 0 fully saturated rings. The fourth-order valence-corrected chi connectivity index (χ4v) is 8.51. The number of hydrogen-bond acceptors (Lipinski definition) is 0. The smallest absolute Gasteiger partial charge is 0.0726 e. The van der Waals surface area contributed by atoms with Crippen LogP contribution in [0.3, 0.4) is 0 Å². The summed E-state index contributed by atoms with van der Waals surface area (Å²) in [5.74, 6) is 0. The maximum Gasteiger partial charge on any atom is 0.0726 e. The quantitative estimate of drug-likeness (QED) is 0.204. The van der Waals surface area contributed by atoms with Crippen LogP contribution in [0.4, 0.5) is 0 Å². The van der Waals surface area contributed by atoms with E-state index in [2.05, 4.69) is 144 Å². The van der Waals surface area contributed by atoms with Crippen LogP contribution in [0.15, 0.2) is 134 Å². The molecule has 0 bridgehead atoms. The van der Waals surface area contributed by atoms with Gasteiger partial charge in [-0.2, -0.15) is 0 Å². The Morgan fingerprint density at radius 3 is 1.28 bits per heavy atom. The average Bonchev–Trinajstić information content (AvgIpc) is 3.74. The summed E-state index contributed by atoms with van der Waals surface area (Å²) in [4.78, 5) is 0. The first-order valence-electron chi connectivity index (χ1n) is 14.8. The van der Waals surface area contributed by atoms with Crippen molar-refractivity contribution < 1.29 is 0 Å². The Labute approximate surface area is 249 Å². The topological polar surface area (TPSA) is 9.86 Å². The van der Waals surface area contributed by atoms with E-state index in [0.717, 1.165) is 0 Å². The van der Waals surface area contributed by atoms with Crippen LogP contribution in [0, 0.1) is 0 Å². The number of hydrogen-bond donors (Lipinski definition) is 0. The monoisotopic (exact) mass is 546 g/mol. The molecule has 200 valence electrons. The molecular formula is C41H26N2. The van der Waals surface area contributed by atoms with Gasteiger partial charge < -0.3 is 9.13 Å². The van der Waals surface area contributed by atoms with Crippen LogP contribution in [0.1, 0.15) is 22.3 Å². The number of para-hydroxylation sites is 2. The highest BCUT2D eigenvalue weighted by Crippen LogP contribution is 2.64. The molecule has 0 atom stereocenters. The zero-order valence-electron chi connectivity index (χ0n) is 23.5. The van der Waals surface area contributed by atoms with E-state index in [1.54, 1.807) is 0 Å². The van der Waals surface area contributed by atoms with E-state index in [0.29, 0.717) is 0 Å². The summed E-state index contributed by atoms with van der Waals surface area (Å²) >= 11 is 0. The number of nitrogens with zero attached hydrogens (tertiary/aromatic N) is 2. The second-order valence-corrected chi connectivity index (χ2v) is 11.8. The van der Waals surface area contributed by atoms with Crippen LogP contribution in [0.25, 0.3) is 78.3 Å². The van der Waals surface area contributed by atoms with Crippen LogP contribution in [-0.2, 0) is 5.41 Å². The van der Waals surface area contributed by atoms with Gasteiger partial charge in [-0.05, 0) is 80.9 Å². The van der Waals surface area contributed by atoms with Gasteiger partial charge in [-0.1, -0.05) is 98.1 Å². The highest BCUT2D eigenvalue weighted by atomic mass is 15.0. The molecule has 2 heteroatoms. The van der Waals surface area contributed by atoms with Crippen LogP contribution in [-0.4, -0.2) is 9.13 Å². The minimum absolute atomic E-state index is 0.422. The van der Waals surface area contributed by atoms with Crippen LogP contribution >= 0.6 is 0 Å². The summed E-state index contributed by atoms with van der Waals surface area (Å²) in [5.41, 5.74) is 14.9. The first-order chi connectivity index (χ1) is 21.3. The number of rotatable bonds is 2. The molecule has 0 aliphatic heterocycles. The number of benzene rings is 6. The van der Waals surface area contributed by atoms with E-state index in [4.69, 9.17) is 0 Å². The second kappa shape index (κ2) is 7.81. The van der Waals surface area contributed by atoms with Crippen molar-refractivity contribution >= 4 is 56.0 Å². The van der Waals surface area contributed by atoms with E-state index in [9.17, 15) is 0 Å². The summed E-state index contributed by atoms with van der Waals surface area (Å²) in [6.45, 7) is 8.38. The van der Waals surface area contributed by atoms with Gasteiger partial charge in [-0.25, -0.2) is 0 Å². The molecule has 2 heterocycles. The lowest BCUT2D eigenvalue weighted by atomic mass is 9.70. The standard InChI is InChI=1S/C41H26N2/c1-3-42-37-19-11-7-15-27(37)31-21-35-29(23-39(31)42)25-13-5-9-17-33(25)41(35)34-18-10-6-14-26(34)30-24-40-32(22-36(30)41)28-16-8-12-20-38(28)43(40)4-2/h3-24H,1-2H2. The highest BCUT2D eigenvalue weighted by Gasteiger charge is 2.52. The fraction of sp³-hybridized carbons (Fsp3) is 0.0244. The van der Waals surface area contributed by atoms with Gasteiger partial charge in [0.05, 0.1) is 27.5 Å². The fourth-order valence-electron chi connectivity index (χ4n) is 8.51. The molecule has 2 aromatic heterocycles. The van der Waals surface area contributed by atoms with Crippen LogP contribution in [0.5, 0.6) is 0 Å². The van der Waals surface area contributed by atoms with Gasteiger partial charge in [0.1, 0.15) is 0 Å². The first kappa shape index (κ1) is 23.0. The number of fused-ring (bicyclic) bond motifs is 16. The lowest BCUT2D eigenvalue weighted by Gasteiger charge is -2.30. The molecule has 1 spiro atoms. The van der Waals surface area contributed by atoms with E-state index < -0.39 is 5.41 Å². The molecular weight excluding hydrogens is 520 g/mol. The summed E-state index contributed by atoms with van der Waals surface area (Å²) in [6.07, 6.45) is 3.89. The molecule has 10 rings (SSSR count). The molecule has 2 aliphatic carbocycles. The Hall–Kier alpha value is -5.60. The van der Waals surface area contributed by atoms with E-state index in [-0.39, 0.29) is 0 Å². The van der Waals surface area contributed by atoms with Gasteiger partial charge in [0.2, 0.25) is 0 Å². The summed E-state index contributed by atoms with van der Waals surface area (Å²) < 4.78 is 4.48. The largest absolute Gasteiger partial charge is 0.317 e. The molecule has 43 heavy (non-hydrogen) atoms. The average molecular weight is 547 g/mol. The minimum Gasteiger partial charge on any atom is -0.317 e. The predicted molar refractivity (Wildman–Crippen MR) is 182 cm³/mol. The molecule has 0 saturated carbocycles. The van der Waals surface area contributed by atoms with Gasteiger partial charge in [0.15, 0.2) is 0 Å². The second-order valence-electron chi connectivity index (χ2n) is 11.8. The van der Waals surface area contributed by atoms with E-state index in [1.807, 2.05) is 12.4 Å². The third-order valence-electron chi connectivity index (χ3n) is 10.1. The lowest BCUT2D eigenvalue weighted by Crippen LogP contribution is -2.25. The minimum atomic E-state index is -0.422. The molecule has 2 aliphatic rings. The molecule has 6 aromatic carbocycles. The maximum absolute atomic E-state index is 4.19. The number of aromatic nitrogens is 2. The Bertz CT molecular complexity index is 2370. The third kappa shape index (κ3) is 2.53. The molecule has 0 amide bonds. The molecule has 8 aromatic rings. The molecule has 0 radical (unpaired) electrons. The van der Waals surface area contributed by atoms with Crippen LogP contribution < -0.4 is 0 Å². The van der Waals surface area contributed by atoms with E-state index >= 15 is 0 Å². The van der Waals surface area contributed by atoms with Gasteiger partial charge in [-0.15, -0.1) is 0 Å². The van der Waals surface area contributed by atoms with Crippen molar-refractivity contribution in [2.75, 3.05) is 0 Å². The van der Waals surface area contributed by atoms with Gasteiger partial charge >= 0.3 is 0 Å². The lowest BCUT2D eigenvalue weighted by molar-refractivity contribution is 0.796. The summed E-state index contributed by atoms with van der Waals surface area (Å²) in [6, 6.07) is 45.2. The molecule has 2 nitrogen and oxygen atoms in total. The zero-order chi connectivity index (χ0) is 28.4. The van der Waals surface area contributed by atoms with Crippen molar-refractivity contribution in [2.24, 2.45) is 0 Å². The van der Waals surface area contributed by atoms with Gasteiger partial charge in [-0.3, -0.25) is 0 Å². The Morgan fingerprint density at radius 2 is 0.814 bits per heavy atom. The van der Waals surface area contributed by atoms with Crippen molar-refractivity contribution in [1.29, 1.82) is 0 Å². The van der Waals surface area contributed by atoms with Gasteiger partial charge in [0.25, 0.3) is 0 Å². The SMILES string of the molecule is C=Cn1c2ccccc2c2cc3c(cc21)-c1ccccc1C31c2ccccc2-c2cc3c(cc21)c1ccccc1n3C=C. The molecule has 0 unspecified atom stereocenters. The summed E-state index contributed by atoms with van der Waals surface area (Å²) in [7, 11) is 0. The van der Waals surface area contributed by atoms with Crippen LogP contribution in [0.2, 0.25) is 0 Å². The molecule has 0 N–H and O–H groups in total. The Balaban J connectivity index is 1.43. The van der Waals surface area contributed by atoms with Gasteiger partial charge in [0, 0.05) is 33.9 Å². The molecule has 0 saturated heterocycles. The first-order valence-corrected chi connectivity index (χ1v) is 14.8. The Morgan fingerprint density at radius 1 is 0.395 bits per heavy atom. The zero-order valence-corrected chi connectivity index (χ0v) is 23.5. The normalized spacial score (nSPS) is 14.0. The third-order valence-corrected chi connectivity index (χ3v) is 10.1.